The normalized spacial score (nSPS) is 18.2. The van der Waals surface area contributed by atoms with Gasteiger partial charge >= 0.3 is 0 Å². The molecular formula is C20H17NO3. The molecular weight excluding hydrogens is 302 g/mol. The van der Waals surface area contributed by atoms with Crippen LogP contribution >= 0.6 is 0 Å². The minimum atomic E-state index is -0.440. The van der Waals surface area contributed by atoms with E-state index in [0.717, 1.165) is 21.9 Å². The van der Waals surface area contributed by atoms with Gasteiger partial charge in [0.25, 0.3) is 0 Å². The first-order valence-electron chi connectivity index (χ1n) is 7.83. The van der Waals surface area contributed by atoms with Crippen LogP contribution in [0.5, 0.6) is 11.5 Å². The van der Waals surface area contributed by atoms with Crippen LogP contribution in [-0.2, 0) is 6.42 Å². The van der Waals surface area contributed by atoms with Crippen LogP contribution in [0.3, 0.4) is 0 Å². The van der Waals surface area contributed by atoms with Crippen LogP contribution in [0.2, 0.25) is 0 Å². The smallest absolute Gasteiger partial charge is 0.166 e. The van der Waals surface area contributed by atoms with Crippen molar-refractivity contribution in [1.29, 1.82) is 0 Å². The summed E-state index contributed by atoms with van der Waals surface area (Å²) >= 11 is 0. The molecule has 1 aliphatic rings. The van der Waals surface area contributed by atoms with E-state index < -0.39 is 6.10 Å². The van der Waals surface area contributed by atoms with Crippen molar-refractivity contribution in [2.24, 2.45) is 5.16 Å². The standard InChI is InChI=1S/C20H17NO3/c1-23-18-11-5-8-14-12-17(21-22)20(24-19(14)18)16-10-4-7-13-6-2-3-9-15(13)16/h2-11,20,22H,12H2,1H3/b21-17+. The third-order valence-corrected chi connectivity index (χ3v) is 4.42. The highest BCUT2D eigenvalue weighted by atomic mass is 16.5. The molecule has 3 aromatic carbocycles. The van der Waals surface area contributed by atoms with Crippen molar-refractivity contribution < 1.29 is 14.7 Å². The maximum absolute atomic E-state index is 9.52. The summed E-state index contributed by atoms with van der Waals surface area (Å²) in [5.74, 6) is 1.40. The SMILES string of the molecule is COc1cccc2c1OC(c1cccc3ccccc13)/C(=N/O)C2. The average Bonchev–Trinajstić information content (AvgIpc) is 2.66. The van der Waals surface area contributed by atoms with Crippen molar-refractivity contribution in [1.82, 2.24) is 0 Å². The van der Waals surface area contributed by atoms with Gasteiger partial charge in [-0.3, -0.25) is 0 Å². The molecule has 24 heavy (non-hydrogen) atoms. The van der Waals surface area contributed by atoms with Crippen LogP contribution in [-0.4, -0.2) is 18.0 Å². The summed E-state index contributed by atoms with van der Waals surface area (Å²) in [6.45, 7) is 0. The van der Waals surface area contributed by atoms with Gasteiger partial charge in [0.2, 0.25) is 0 Å². The fourth-order valence-corrected chi connectivity index (χ4v) is 3.28. The summed E-state index contributed by atoms with van der Waals surface area (Å²) in [7, 11) is 1.63. The Bertz CT molecular complexity index is 928. The number of nitrogens with zero attached hydrogens (tertiary/aromatic N) is 1. The molecule has 3 aromatic rings. The average molecular weight is 319 g/mol. The maximum atomic E-state index is 9.52. The van der Waals surface area contributed by atoms with E-state index in [1.54, 1.807) is 7.11 Å². The van der Waals surface area contributed by atoms with Gasteiger partial charge in [-0.15, -0.1) is 0 Å². The Kier molecular flexibility index (Phi) is 3.58. The van der Waals surface area contributed by atoms with Crippen LogP contribution in [0.15, 0.2) is 65.8 Å². The fourth-order valence-electron chi connectivity index (χ4n) is 3.28. The quantitative estimate of drug-likeness (QED) is 0.564. The number of hydrogen-bond acceptors (Lipinski definition) is 4. The maximum Gasteiger partial charge on any atom is 0.166 e. The van der Waals surface area contributed by atoms with Gasteiger partial charge < -0.3 is 14.7 Å². The van der Waals surface area contributed by atoms with Gasteiger partial charge in [0.05, 0.1) is 7.11 Å². The van der Waals surface area contributed by atoms with E-state index in [2.05, 4.69) is 23.4 Å². The van der Waals surface area contributed by atoms with Crippen LogP contribution in [0, 0.1) is 0 Å². The minimum Gasteiger partial charge on any atom is -0.493 e. The van der Waals surface area contributed by atoms with Gasteiger partial charge in [-0.2, -0.15) is 0 Å². The fraction of sp³-hybridized carbons (Fsp3) is 0.150. The summed E-state index contributed by atoms with van der Waals surface area (Å²) in [6, 6.07) is 19.9. The molecule has 1 unspecified atom stereocenters. The number of ether oxygens (including phenoxy) is 2. The summed E-state index contributed by atoms with van der Waals surface area (Å²) in [5, 5.41) is 15.3. The molecule has 0 radical (unpaired) electrons. The molecule has 1 atom stereocenters. The second-order valence-electron chi connectivity index (χ2n) is 5.78. The summed E-state index contributed by atoms with van der Waals surface area (Å²) < 4.78 is 11.7. The molecule has 0 saturated heterocycles. The summed E-state index contributed by atoms with van der Waals surface area (Å²) in [6.07, 6.45) is 0.0848. The van der Waals surface area contributed by atoms with Gasteiger partial charge in [0.15, 0.2) is 17.6 Å². The van der Waals surface area contributed by atoms with E-state index >= 15 is 0 Å². The van der Waals surface area contributed by atoms with Crippen LogP contribution < -0.4 is 9.47 Å². The first-order chi connectivity index (χ1) is 11.8. The zero-order valence-electron chi connectivity index (χ0n) is 13.3. The van der Waals surface area contributed by atoms with Crippen molar-refractivity contribution in [3.8, 4) is 11.5 Å². The molecule has 0 aliphatic carbocycles. The number of rotatable bonds is 2. The van der Waals surface area contributed by atoms with Crippen LogP contribution in [0.25, 0.3) is 10.8 Å². The molecule has 0 amide bonds. The molecule has 4 rings (SSSR count). The molecule has 1 aliphatic heterocycles. The van der Waals surface area contributed by atoms with Crippen molar-refractivity contribution in [3.63, 3.8) is 0 Å². The van der Waals surface area contributed by atoms with E-state index in [9.17, 15) is 5.21 Å². The predicted molar refractivity (Wildman–Crippen MR) is 93.2 cm³/mol. The van der Waals surface area contributed by atoms with E-state index in [1.165, 1.54) is 0 Å². The monoisotopic (exact) mass is 319 g/mol. The van der Waals surface area contributed by atoms with Crippen molar-refractivity contribution in [2.45, 2.75) is 12.5 Å². The Morgan fingerprint density at radius 2 is 1.83 bits per heavy atom. The van der Waals surface area contributed by atoms with E-state index in [0.29, 0.717) is 23.6 Å². The van der Waals surface area contributed by atoms with E-state index in [4.69, 9.17) is 9.47 Å². The Morgan fingerprint density at radius 3 is 2.67 bits per heavy atom. The van der Waals surface area contributed by atoms with Crippen molar-refractivity contribution in [3.05, 3.63) is 71.8 Å². The third kappa shape index (κ3) is 2.27. The van der Waals surface area contributed by atoms with Crippen LogP contribution in [0.1, 0.15) is 17.2 Å². The molecule has 0 fully saturated rings. The van der Waals surface area contributed by atoms with Gasteiger partial charge in [0.1, 0.15) is 5.71 Å². The zero-order chi connectivity index (χ0) is 16.5. The lowest BCUT2D eigenvalue weighted by molar-refractivity contribution is 0.233. The first-order valence-corrected chi connectivity index (χ1v) is 7.83. The Labute approximate surface area is 139 Å². The number of methoxy groups -OCH3 is 1. The molecule has 4 nitrogen and oxygen atoms in total. The summed E-state index contributed by atoms with van der Waals surface area (Å²) in [5.41, 5.74) is 2.53. The highest BCUT2D eigenvalue weighted by molar-refractivity contribution is 5.98. The lowest BCUT2D eigenvalue weighted by atomic mass is 9.92. The van der Waals surface area contributed by atoms with Crippen molar-refractivity contribution in [2.75, 3.05) is 7.11 Å². The largest absolute Gasteiger partial charge is 0.493 e. The topological polar surface area (TPSA) is 51.0 Å². The Morgan fingerprint density at radius 1 is 1.04 bits per heavy atom. The lowest BCUT2D eigenvalue weighted by Gasteiger charge is -2.29. The third-order valence-electron chi connectivity index (χ3n) is 4.42. The molecule has 1 heterocycles. The van der Waals surface area contributed by atoms with Gasteiger partial charge in [0, 0.05) is 17.5 Å². The molecule has 1 N–H and O–H groups in total. The van der Waals surface area contributed by atoms with Crippen molar-refractivity contribution >= 4 is 16.5 Å². The highest BCUT2D eigenvalue weighted by Crippen LogP contribution is 2.41. The second-order valence-corrected chi connectivity index (χ2v) is 5.78. The predicted octanol–water partition coefficient (Wildman–Crippen LogP) is 4.35. The molecule has 0 bridgehead atoms. The van der Waals surface area contributed by atoms with Gasteiger partial charge in [-0.1, -0.05) is 59.8 Å². The lowest BCUT2D eigenvalue weighted by Crippen LogP contribution is -2.26. The minimum absolute atomic E-state index is 0.440. The van der Waals surface area contributed by atoms with Gasteiger partial charge in [-0.25, -0.2) is 0 Å². The van der Waals surface area contributed by atoms with Crippen LogP contribution in [0.4, 0.5) is 0 Å². The molecule has 0 aromatic heterocycles. The van der Waals surface area contributed by atoms with E-state index in [1.807, 2.05) is 42.5 Å². The molecule has 120 valence electrons. The Balaban J connectivity index is 1.88. The second kappa shape index (κ2) is 5.89. The molecule has 0 saturated carbocycles. The zero-order valence-corrected chi connectivity index (χ0v) is 13.3. The number of benzene rings is 3. The number of oxime groups is 1. The number of hydrogen-bond donors (Lipinski definition) is 1. The van der Waals surface area contributed by atoms with E-state index in [-0.39, 0.29) is 0 Å². The molecule has 0 spiro atoms. The molecule has 4 heteroatoms. The summed E-state index contributed by atoms with van der Waals surface area (Å²) in [4.78, 5) is 0. The number of para-hydroxylation sites is 1. The highest BCUT2D eigenvalue weighted by Gasteiger charge is 2.31. The van der Waals surface area contributed by atoms with Gasteiger partial charge in [-0.05, 0) is 16.8 Å². The Hall–Kier alpha value is -3.01. The first kappa shape index (κ1) is 14.6. The number of fused-ring (bicyclic) bond motifs is 2.